The Kier molecular flexibility index (Phi) is 3.46. The second-order valence-corrected chi connectivity index (χ2v) is 3.93. The molecule has 0 saturated carbocycles. The Labute approximate surface area is 90.9 Å². The van der Waals surface area contributed by atoms with Gasteiger partial charge in [0.05, 0.1) is 5.69 Å². The average molecular weight is 211 g/mol. The fourth-order valence-corrected chi connectivity index (χ4v) is 1.75. The van der Waals surface area contributed by atoms with E-state index in [-0.39, 0.29) is 0 Å². The molecule has 0 aliphatic rings. The largest absolute Gasteiger partial charge is 0.201 e. The summed E-state index contributed by atoms with van der Waals surface area (Å²) in [7, 11) is 1.01. The van der Waals surface area contributed by atoms with Crippen LogP contribution >= 0.6 is 8.20 Å². The number of hydrogen-bond acceptors (Lipinski definition) is 1. The monoisotopic (exact) mass is 211 g/mol. The van der Waals surface area contributed by atoms with Crippen LogP contribution in [0.5, 0.6) is 0 Å². The molecule has 0 unspecified atom stereocenters. The van der Waals surface area contributed by atoms with Crippen molar-refractivity contribution in [2.45, 2.75) is 0 Å². The van der Waals surface area contributed by atoms with Gasteiger partial charge in [0.2, 0.25) is 0 Å². The molecular formula is C13H10NP. The first-order valence-electron chi connectivity index (χ1n) is 4.72. The smallest absolute Gasteiger partial charge is 0.0733 e. The van der Waals surface area contributed by atoms with Crippen LogP contribution < -0.4 is 5.30 Å². The van der Waals surface area contributed by atoms with E-state index in [0.717, 1.165) is 13.9 Å². The SMILES string of the molecule is C(=Nc1ccccc1)=Pc1ccccc1. The van der Waals surface area contributed by atoms with Gasteiger partial charge in [-0.25, -0.2) is 4.99 Å². The van der Waals surface area contributed by atoms with Gasteiger partial charge in [0.15, 0.2) is 0 Å². The molecule has 0 aliphatic heterocycles. The van der Waals surface area contributed by atoms with Gasteiger partial charge in [-0.1, -0.05) is 36.4 Å². The molecule has 0 bridgehead atoms. The van der Waals surface area contributed by atoms with E-state index in [1.165, 1.54) is 5.30 Å². The van der Waals surface area contributed by atoms with Gasteiger partial charge in [0.1, 0.15) is 0 Å². The first-order chi connectivity index (χ1) is 7.45. The van der Waals surface area contributed by atoms with Gasteiger partial charge in [-0.2, -0.15) is 0 Å². The third kappa shape index (κ3) is 3.18. The second kappa shape index (κ2) is 5.26. The molecule has 0 spiro atoms. The van der Waals surface area contributed by atoms with Crippen LogP contribution in [0.15, 0.2) is 65.7 Å². The Bertz CT molecular complexity index is 427. The fourth-order valence-electron chi connectivity index (χ4n) is 1.15. The Morgan fingerprint density at radius 2 is 1.40 bits per heavy atom. The molecular weight excluding hydrogens is 201 g/mol. The molecule has 0 aromatic heterocycles. The summed E-state index contributed by atoms with van der Waals surface area (Å²) in [6.45, 7) is 0. The van der Waals surface area contributed by atoms with Crippen LogP contribution in [-0.4, -0.2) is 5.59 Å². The minimum Gasteiger partial charge on any atom is -0.201 e. The van der Waals surface area contributed by atoms with E-state index in [2.05, 4.69) is 22.7 Å². The number of rotatable bonds is 2. The lowest BCUT2D eigenvalue weighted by Crippen LogP contribution is -1.85. The van der Waals surface area contributed by atoms with Gasteiger partial charge >= 0.3 is 0 Å². The van der Waals surface area contributed by atoms with Gasteiger partial charge in [-0.3, -0.25) is 0 Å². The van der Waals surface area contributed by atoms with Crippen LogP contribution in [-0.2, 0) is 0 Å². The van der Waals surface area contributed by atoms with Crippen molar-refractivity contribution in [2.75, 3.05) is 0 Å². The van der Waals surface area contributed by atoms with Crippen LogP contribution in [0, 0.1) is 0 Å². The molecule has 1 nitrogen and oxygen atoms in total. The van der Waals surface area contributed by atoms with Gasteiger partial charge in [0.25, 0.3) is 0 Å². The van der Waals surface area contributed by atoms with E-state index in [1.807, 2.05) is 48.5 Å². The average Bonchev–Trinajstić information content (AvgIpc) is 2.32. The predicted octanol–water partition coefficient (Wildman–Crippen LogP) is 3.50. The van der Waals surface area contributed by atoms with Crippen molar-refractivity contribution >= 4 is 24.8 Å². The van der Waals surface area contributed by atoms with Crippen LogP contribution in [0.4, 0.5) is 5.69 Å². The number of aliphatic imine (C=N–C) groups is 1. The highest BCUT2D eigenvalue weighted by atomic mass is 31.1. The number of para-hydroxylation sites is 1. The summed E-state index contributed by atoms with van der Waals surface area (Å²) < 4.78 is 0. The van der Waals surface area contributed by atoms with E-state index >= 15 is 0 Å². The van der Waals surface area contributed by atoms with E-state index in [1.54, 1.807) is 0 Å². The standard InChI is InChI=1S/C13H10NP/c1-3-7-12(8-4-1)14-11-15-13-9-5-2-6-10-13/h1-10H. The summed E-state index contributed by atoms with van der Waals surface area (Å²) in [5.74, 6) is 0. The maximum Gasteiger partial charge on any atom is 0.0733 e. The molecule has 2 heteroatoms. The summed E-state index contributed by atoms with van der Waals surface area (Å²) >= 11 is 0. The van der Waals surface area contributed by atoms with Crippen LogP contribution in [0.3, 0.4) is 0 Å². The molecule has 0 atom stereocenters. The van der Waals surface area contributed by atoms with E-state index in [9.17, 15) is 0 Å². The molecule has 0 N–H and O–H groups in total. The highest BCUT2D eigenvalue weighted by molar-refractivity contribution is 7.46. The van der Waals surface area contributed by atoms with Crippen molar-refractivity contribution in [1.29, 1.82) is 0 Å². The number of hydrogen-bond donors (Lipinski definition) is 0. The molecule has 2 aromatic carbocycles. The lowest BCUT2D eigenvalue weighted by molar-refractivity contribution is 1.55. The molecule has 0 radical (unpaired) electrons. The van der Waals surface area contributed by atoms with E-state index < -0.39 is 0 Å². The zero-order valence-corrected chi connectivity index (χ0v) is 9.06. The lowest BCUT2D eigenvalue weighted by Gasteiger charge is -1.87. The first-order valence-corrected chi connectivity index (χ1v) is 5.61. The third-order valence-electron chi connectivity index (χ3n) is 1.87. The van der Waals surface area contributed by atoms with E-state index in [0.29, 0.717) is 0 Å². The molecule has 0 fully saturated rings. The zero-order valence-electron chi connectivity index (χ0n) is 8.17. The van der Waals surface area contributed by atoms with Crippen LogP contribution in [0.2, 0.25) is 0 Å². The maximum atomic E-state index is 4.24. The van der Waals surface area contributed by atoms with Crippen LogP contribution in [0.25, 0.3) is 0 Å². The minimum absolute atomic E-state index is 0.945. The normalized spacial score (nSPS) is 9.60. The topological polar surface area (TPSA) is 12.4 Å². The molecule has 0 heterocycles. The molecule has 0 amide bonds. The van der Waals surface area contributed by atoms with Crippen molar-refractivity contribution < 1.29 is 0 Å². The Hall–Kier alpha value is -1.68. The van der Waals surface area contributed by atoms with Gasteiger partial charge in [-0.05, 0) is 24.3 Å². The van der Waals surface area contributed by atoms with Gasteiger partial charge < -0.3 is 0 Å². The zero-order chi connectivity index (χ0) is 10.3. The Morgan fingerprint density at radius 1 is 0.800 bits per heavy atom. The Balaban J connectivity index is 2.16. The highest BCUT2D eigenvalue weighted by Crippen LogP contribution is 2.08. The molecule has 0 saturated heterocycles. The molecule has 0 aliphatic carbocycles. The first kappa shape index (κ1) is 9.86. The predicted molar refractivity (Wildman–Crippen MR) is 66.5 cm³/mol. The quantitative estimate of drug-likeness (QED) is 0.532. The third-order valence-corrected chi connectivity index (χ3v) is 2.63. The summed E-state index contributed by atoms with van der Waals surface area (Å²) in [4.78, 5) is 4.24. The second-order valence-electron chi connectivity index (χ2n) is 2.99. The fraction of sp³-hybridized carbons (Fsp3) is 0. The summed E-state index contributed by atoms with van der Waals surface area (Å²) in [5, 5.41) is 1.21. The molecule has 2 aromatic rings. The van der Waals surface area contributed by atoms with Crippen molar-refractivity contribution in [3.8, 4) is 0 Å². The summed E-state index contributed by atoms with van der Waals surface area (Å²) in [5.41, 5.74) is 3.96. The van der Waals surface area contributed by atoms with Crippen molar-refractivity contribution in [3.63, 3.8) is 0 Å². The number of nitrogens with zero attached hydrogens (tertiary/aromatic N) is 1. The molecule has 15 heavy (non-hydrogen) atoms. The maximum absolute atomic E-state index is 4.24. The van der Waals surface area contributed by atoms with E-state index in [4.69, 9.17) is 0 Å². The lowest BCUT2D eigenvalue weighted by atomic mass is 10.3. The summed E-state index contributed by atoms with van der Waals surface area (Å²) in [6, 6.07) is 20.0. The minimum atomic E-state index is 0.945. The van der Waals surface area contributed by atoms with Crippen LogP contribution in [0.1, 0.15) is 0 Å². The summed E-state index contributed by atoms with van der Waals surface area (Å²) in [6.07, 6.45) is 0. The number of benzene rings is 2. The van der Waals surface area contributed by atoms with Crippen molar-refractivity contribution in [3.05, 3.63) is 60.7 Å². The molecule has 2 rings (SSSR count). The van der Waals surface area contributed by atoms with Crippen molar-refractivity contribution in [1.82, 2.24) is 0 Å². The molecule has 72 valence electrons. The van der Waals surface area contributed by atoms with Gasteiger partial charge in [0, 0.05) is 19.1 Å². The Morgan fingerprint density at radius 3 is 2.07 bits per heavy atom. The highest BCUT2D eigenvalue weighted by Gasteiger charge is 1.83. The van der Waals surface area contributed by atoms with Gasteiger partial charge in [-0.15, -0.1) is 0 Å². The van der Waals surface area contributed by atoms with Crippen molar-refractivity contribution in [2.24, 2.45) is 4.99 Å².